The lowest BCUT2D eigenvalue weighted by atomic mass is 9.95. The molecule has 180 valence electrons. The predicted molar refractivity (Wildman–Crippen MR) is 124 cm³/mol. The highest BCUT2D eigenvalue weighted by Crippen LogP contribution is 2.34. The normalized spacial score (nSPS) is 15.1. The summed E-state index contributed by atoms with van der Waals surface area (Å²) in [5.74, 6) is -0.364. The van der Waals surface area contributed by atoms with Gasteiger partial charge in [-0.2, -0.15) is 0 Å². The highest BCUT2D eigenvalue weighted by atomic mass is 16.5. The third-order valence-electron chi connectivity index (χ3n) is 5.68. The second-order valence-electron chi connectivity index (χ2n) is 8.06. The first-order chi connectivity index (χ1) is 15.9. The van der Waals surface area contributed by atoms with Crippen molar-refractivity contribution >= 4 is 29.2 Å². The molecule has 1 atom stereocenters. The molecule has 3 rings (SSSR count). The molecule has 1 aromatic heterocycles. The summed E-state index contributed by atoms with van der Waals surface area (Å²) < 4.78 is 15.8. The molecule has 0 unspecified atom stereocenters. The van der Waals surface area contributed by atoms with Gasteiger partial charge in [0.25, 0.3) is 0 Å². The summed E-state index contributed by atoms with van der Waals surface area (Å²) in [5.41, 5.74) is 2.23. The van der Waals surface area contributed by atoms with Crippen LogP contribution in [0.4, 0.5) is 22.0 Å². The van der Waals surface area contributed by atoms with E-state index in [9.17, 15) is 14.7 Å². The molecule has 0 bridgehead atoms. The summed E-state index contributed by atoms with van der Waals surface area (Å²) in [6, 6.07) is 7.12. The first-order valence-corrected chi connectivity index (χ1v) is 11.1. The number of carbonyl (C=O) groups excluding carboxylic acids is 1. The van der Waals surface area contributed by atoms with Crippen LogP contribution >= 0.6 is 0 Å². The number of hydrogen-bond acceptors (Lipinski definition) is 7. The maximum Gasteiger partial charge on any atom is 0.325 e. The van der Waals surface area contributed by atoms with E-state index in [1.165, 1.54) is 0 Å². The van der Waals surface area contributed by atoms with Crippen molar-refractivity contribution in [2.24, 2.45) is 0 Å². The molecule has 2 aromatic rings. The maximum atomic E-state index is 12.8. The standard InChI is InChI=1S/C23H32N4O6/c1-4-27(18-7-9-32-10-8-18)20-6-5-16(17(14-31-3)13-22(28)29)12-19(20)24-23(30)25-21-11-15(2)33-26-21/h5-6,11-12,17-18H,4,7-10,13-14H2,1-3H3,(H,28,29)(H2,24,25,26,30)/t17-/m1/s1. The lowest BCUT2D eigenvalue weighted by molar-refractivity contribution is -0.137. The van der Waals surface area contributed by atoms with E-state index in [0.29, 0.717) is 30.5 Å². The molecule has 3 N–H and O–H groups in total. The number of amides is 2. The Bertz CT molecular complexity index is 941. The van der Waals surface area contributed by atoms with Gasteiger partial charge in [0.2, 0.25) is 0 Å². The highest BCUT2D eigenvalue weighted by Gasteiger charge is 2.25. The number of urea groups is 1. The van der Waals surface area contributed by atoms with Gasteiger partial charge in [-0.25, -0.2) is 4.79 Å². The minimum absolute atomic E-state index is 0.0749. The molecule has 0 spiro atoms. The molecule has 1 fully saturated rings. The number of nitrogens with one attached hydrogen (secondary N) is 2. The number of carboxylic acid groups (broad SMARTS) is 1. The molecule has 0 saturated carbocycles. The molecule has 0 aliphatic carbocycles. The number of benzene rings is 1. The Morgan fingerprint density at radius 1 is 1.27 bits per heavy atom. The molecular weight excluding hydrogens is 428 g/mol. The van der Waals surface area contributed by atoms with Crippen molar-refractivity contribution in [3.8, 4) is 0 Å². The smallest absolute Gasteiger partial charge is 0.325 e. The fraction of sp³-hybridized carbons (Fsp3) is 0.522. The molecule has 1 aliphatic rings. The van der Waals surface area contributed by atoms with Crippen LogP contribution in [0, 0.1) is 6.92 Å². The van der Waals surface area contributed by atoms with Crippen LogP contribution in [0.25, 0.3) is 0 Å². The summed E-state index contributed by atoms with van der Waals surface area (Å²) in [4.78, 5) is 26.4. The van der Waals surface area contributed by atoms with Gasteiger partial charge in [0.1, 0.15) is 5.76 Å². The average molecular weight is 461 g/mol. The number of ether oxygens (including phenoxy) is 2. The van der Waals surface area contributed by atoms with Crippen molar-refractivity contribution < 1.29 is 28.7 Å². The Hall–Kier alpha value is -3.11. The first kappa shape index (κ1) is 24.5. The number of aryl methyl sites for hydroxylation is 1. The monoisotopic (exact) mass is 460 g/mol. The zero-order valence-electron chi connectivity index (χ0n) is 19.3. The Labute approximate surface area is 193 Å². The largest absolute Gasteiger partial charge is 0.481 e. The van der Waals surface area contributed by atoms with Crippen LogP contribution in [0.5, 0.6) is 0 Å². The maximum absolute atomic E-state index is 12.8. The number of carbonyl (C=O) groups is 2. The fourth-order valence-electron chi connectivity index (χ4n) is 4.16. The van der Waals surface area contributed by atoms with Gasteiger partial charge in [-0.3, -0.25) is 10.1 Å². The highest BCUT2D eigenvalue weighted by molar-refractivity contribution is 6.01. The van der Waals surface area contributed by atoms with Crippen LogP contribution in [0.15, 0.2) is 28.8 Å². The number of carboxylic acids is 1. The number of anilines is 3. The zero-order valence-corrected chi connectivity index (χ0v) is 19.3. The molecule has 1 saturated heterocycles. The van der Waals surface area contributed by atoms with Gasteiger partial charge in [-0.05, 0) is 44.4 Å². The zero-order chi connectivity index (χ0) is 23.8. The van der Waals surface area contributed by atoms with Crippen LogP contribution in [0.1, 0.15) is 43.4 Å². The first-order valence-electron chi connectivity index (χ1n) is 11.1. The minimum atomic E-state index is -0.910. The lowest BCUT2D eigenvalue weighted by Crippen LogP contribution is -2.40. The Kier molecular flexibility index (Phi) is 8.67. The van der Waals surface area contributed by atoms with Gasteiger partial charge in [-0.1, -0.05) is 11.2 Å². The van der Waals surface area contributed by atoms with E-state index in [1.54, 1.807) is 20.1 Å². The fourth-order valence-corrected chi connectivity index (χ4v) is 4.16. The average Bonchev–Trinajstić information content (AvgIpc) is 3.19. The van der Waals surface area contributed by atoms with Crippen molar-refractivity contribution in [3.05, 3.63) is 35.6 Å². The van der Waals surface area contributed by atoms with Crippen LogP contribution in [-0.4, -0.2) is 61.8 Å². The molecule has 10 nitrogen and oxygen atoms in total. The molecule has 2 heterocycles. The number of rotatable bonds is 10. The van der Waals surface area contributed by atoms with Crippen LogP contribution in [-0.2, 0) is 14.3 Å². The number of aromatic nitrogens is 1. The van der Waals surface area contributed by atoms with Crippen molar-refractivity contribution in [1.29, 1.82) is 0 Å². The second kappa shape index (κ2) is 11.7. The summed E-state index contributed by atoms with van der Waals surface area (Å²) in [7, 11) is 1.54. The van der Waals surface area contributed by atoms with Gasteiger partial charge in [0.05, 0.1) is 24.4 Å². The van der Waals surface area contributed by atoms with Gasteiger partial charge < -0.3 is 29.3 Å². The quantitative estimate of drug-likeness (QED) is 0.488. The van der Waals surface area contributed by atoms with E-state index < -0.39 is 12.0 Å². The molecule has 10 heteroatoms. The molecular formula is C23H32N4O6. The third kappa shape index (κ3) is 6.69. The minimum Gasteiger partial charge on any atom is -0.481 e. The Balaban J connectivity index is 1.92. The molecule has 33 heavy (non-hydrogen) atoms. The number of hydrogen-bond donors (Lipinski definition) is 3. The van der Waals surface area contributed by atoms with E-state index in [4.69, 9.17) is 14.0 Å². The van der Waals surface area contributed by atoms with Gasteiger partial charge >= 0.3 is 12.0 Å². The summed E-state index contributed by atoms with van der Waals surface area (Å²) in [6.07, 6.45) is 1.71. The number of nitrogens with zero attached hydrogens (tertiary/aromatic N) is 2. The predicted octanol–water partition coefficient (Wildman–Crippen LogP) is 3.84. The number of aliphatic carboxylic acids is 1. The number of methoxy groups -OCH3 is 1. The van der Waals surface area contributed by atoms with Crippen molar-refractivity contribution in [2.75, 3.05) is 49.0 Å². The second-order valence-corrected chi connectivity index (χ2v) is 8.06. The van der Waals surface area contributed by atoms with Gasteiger partial charge in [0, 0.05) is 44.9 Å². The Morgan fingerprint density at radius 2 is 2.03 bits per heavy atom. The molecule has 1 aliphatic heterocycles. The molecule has 1 aromatic carbocycles. The van der Waals surface area contributed by atoms with E-state index in [0.717, 1.165) is 30.6 Å². The SMILES string of the molecule is CCN(c1ccc([C@@H](COC)CC(=O)O)cc1NC(=O)Nc1cc(C)on1)C1CCOCC1. The van der Waals surface area contributed by atoms with E-state index in [-0.39, 0.29) is 25.0 Å². The van der Waals surface area contributed by atoms with Crippen molar-refractivity contribution in [3.63, 3.8) is 0 Å². The van der Waals surface area contributed by atoms with Crippen molar-refractivity contribution in [2.45, 2.75) is 45.1 Å². The summed E-state index contributed by atoms with van der Waals surface area (Å²) in [5, 5.41) is 18.7. The van der Waals surface area contributed by atoms with Crippen LogP contribution in [0.2, 0.25) is 0 Å². The Morgan fingerprint density at radius 3 is 2.64 bits per heavy atom. The van der Waals surface area contributed by atoms with Gasteiger partial charge in [0.15, 0.2) is 5.82 Å². The summed E-state index contributed by atoms with van der Waals surface area (Å²) >= 11 is 0. The lowest BCUT2D eigenvalue weighted by Gasteiger charge is -2.36. The third-order valence-corrected chi connectivity index (χ3v) is 5.68. The van der Waals surface area contributed by atoms with Crippen molar-refractivity contribution in [1.82, 2.24) is 5.16 Å². The van der Waals surface area contributed by atoms with E-state index in [1.807, 2.05) is 18.2 Å². The molecule has 0 radical (unpaired) electrons. The van der Waals surface area contributed by atoms with Crippen LogP contribution < -0.4 is 15.5 Å². The van der Waals surface area contributed by atoms with Crippen LogP contribution in [0.3, 0.4) is 0 Å². The topological polar surface area (TPSA) is 126 Å². The van der Waals surface area contributed by atoms with Gasteiger partial charge in [-0.15, -0.1) is 0 Å². The van der Waals surface area contributed by atoms with E-state index in [2.05, 4.69) is 27.6 Å². The van der Waals surface area contributed by atoms with E-state index >= 15 is 0 Å². The summed E-state index contributed by atoms with van der Waals surface area (Å²) in [6.45, 7) is 6.21. The molecule has 2 amide bonds.